The monoisotopic (exact) mass is 148 g/mol. The van der Waals surface area contributed by atoms with E-state index in [2.05, 4.69) is 15.4 Å². The molecule has 0 bridgehead atoms. The van der Waals surface area contributed by atoms with Crippen molar-refractivity contribution in [2.45, 2.75) is 5.85 Å². The standard InChI is InChI=1S/C5H9FN2O2/c1-7-4(9)10-5(6)2-8-3-5/h8H,2-3H2,1H3,(H,7,9). The van der Waals surface area contributed by atoms with Gasteiger partial charge in [-0.3, -0.25) is 0 Å². The fourth-order valence-electron chi connectivity index (χ4n) is 0.611. The number of rotatable bonds is 1. The van der Waals surface area contributed by atoms with Crippen LogP contribution in [-0.4, -0.2) is 32.1 Å². The van der Waals surface area contributed by atoms with Crippen LogP contribution in [0.1, 0.15) is 0 Å². The van der Waals surface area contributed by atoms with Crippen LogP contribution in [0, 0.1) is 0 Å². The second-order valence-electron chi connectivity index (χ2n) is 2.13. The van der Waals surface area contributed by atoms with Gasteiger partial charge in [0.1, 0.15) is 0 Å². The molecule has 2 N–H and O–H groups in total. The SMILES string of the molecule is CNC(=O)OC1(F)CNC1. The summed E-state index contributed by atoms with van der Waals surface area (Å²) in [6, 6.07) is 0. The highest BCUT2D eigenvalue weighted by Gasteiger charge is 2.40. The first-order valence-electron chi connectivity index (χ1n) is 2.97. The van der Waals surface area contributed by atoms with Crippen molar-refractivity contribution in [3.05, 3.63) is 0 Å². The second kappa shape index (κ2) is 2.42. The van der Waals surface area contributed by atoms with Crippen molar-refractivity contribution < 1.29 is 13.9 Å². The normalized spacial score (nSPS) is 21.0. The van der Waals surface area contributed by atoms with Crippen molar-refractivity contribution in [3.8, 4) is 0 Å². The summed E-state index contributed by atoms with van der Waals surface area (Å²) in [5, 5.41) is 4.81. The van der Waals surface area contributed by atoms with Crippen LogP contribution < -0.4 is 10.6 Å². The van der Waals surface area contributed by atoms with Crippen molar-refractivity contribution in [1.29, 1.82) is 0 Å². The van der Waals surface area contributed by atoms with E-state index in [-0.39, 0.29) is 13.1 Å². The van der Waals surface area contributed by atoms with Crippen molar-refractivity contribution in [3.63, 3.8) is 0 Å². The average molecular weight is 148 g/mol. The molecule has 1 amide bonds. The molecule has 1 saturated heterocycles. The lowest BCUT2D eigenvalue weighted by atomic mass is 10.2. The number of amides is 1. The minimum absolute atomic E-state index is 0.0837. The van der Waals surface area contributed by atoms with Gasteiger partial charge in [-0.25, -0.2) is 4.79 Å². The number of hydrogen-bond acceptors (Lipinski definition) is 3. The summed E-state index contributed by atoms with van der Waals surface area (Å²) in [5.74, 6) is -1.78. The van der Waals surface area contributed by atoms with E-state index < -0.39 is 11.9 Å². The van der Waals surface area contributed by atoms with Crippen LogP contribution in [0.5, 0.6) is 0 Å². The predicted molar refractivity (Wildman–Crippen MR) is 32.2 cm³/mol. The summed E-state index contributed by atoms with van der Waals surface area (Å²) in [7, 11) is 1.39. The fraction of sp³-hybridized carbons (Fsp3) is 0.800. The topological polar surface area (TPSA) is 50.4 Å². The molecule has 0 aromatic carbocycles. The number of ether oxygens (including phenoxy) is 1. The summed E-state index contributed by atoms with van der Waals surface area (Å²) in [6.45, 7) is 0.167. The largest absolute Gasteiger partial charge is 0.410 e. The summed E-state index contributed by atoms with van der Waals surface area (Å²) < 4.78 is 17.1. The van der Waals surface area contributed by atoms with E-state index in [0.29, 0.717) is 0 Å². The lowest BCUT2D eigenvalue weighted by Gasteiger charge is -2.33. The Morgan fingerprint density at radius 1 is 1.80 bits per heavy atom. The minimum atomic E-state index is -1.78. The zero-order valence-electron chi connectivity index (χ0n) is 5.61. The number of carbonyl (C=O) groups is 1. The number of alkyl halides is 1. The third kappa shape index (κ3) is 1.36. The Hall–Kier alpha value is -0.840. The van der Waals surface area contributed by atoms with Crippen LogP contribution in [0.15, 0.2) is 0 Å². The lowest BCUT2D eigenvalue weighted by Crippen LogP contribution is -2.59. The quantitative estimate of drug-likeness (QED) is 0.532. The summed E-state index contributed by atoms with van der Waals surface area (Å²) in [6.07, 6.45) is -0.732. The smallest absolute Gasteiger partial charge is 0.409 e. The molecular formula is C5H9FN2O2. The maximum Gasteiger partial charge on any atom is 0.409 e. The maximum atomic E-state index is 12.8. The van der Waals surface area contributed by atoms with Gasteiger partial charge in [0, 0.05) is 7.05 Å². The van der Waals surface area contributed by atoms with Gasteiger partial charge in [0.05, 0.1) is 13.1 Å². The van der Waals surface area contributed by atoms with E-state index in [4.69, 9.17) is 0 Å². The van der Waals surface area contributed by atoms with Gasteiger partial charge in [0.25, 0.3) is 5.85 Å². The molecule has 0 radical (unpaired) electrons. The number of carbonyl (C=O) groups excluding carboxylic acids is 1. The molecule has 0 spiro atoms. The predicted octanol–water partition coefficient (Wildman–Crippen LogP) is -0.389. The van der Waals surface area contributed by atoms with Crippen molar-refractivity contribution in [2.24, 2.45) is 0 Å². The van der Waals surface area contributed by atoms with E-state index in [1.165, 1.54) is 7.05 Å². The molecule has 0 aromatic rings. The zero-order chi connectivity index (χ0) is 7.61. The average Bonchev–Trinajstić information content (AvgIpc) is 1.84. The molecular weight excluding hydrogens is 139 g/mol. The molecule has 1 aliphatic rings. The number of hydrogen-bond donors (Lipinski definition) is 2. The molecule has 0 atom stereocenters. The molecule has 0 saturated carbocycles. The Balaban J connectivity index is 2.29. The summed E-state index contributed by atoms with van der Waals surface area (Å²) in [5.41, 5.74) is 0. The van der Waals surface area contributed by atoms with Gasteiger partial charge in [-0.05, 0) is 0 Å². The van der Waals surface area contributed by atoms with Gasteiger partial charge >= 0.3 is 6.09 Å². The molecule has 1 fully saturated rings. The molecule has 1 heterocycles. The van der Waals surface area contributed by atoms with Crippen molar-refractivity contribution >= 4 is 6.09 Å². The first-order chi connectivity index (χ1) is 4.66. The number of halogens is 1. The van der Waals surface area contributed by atoms with Gasteiger partial charge in [-0.15, -0.1) is 0 Å². The number of nitrogens with one attached hydrogen (secondary N) is 2. The molecule has 1 rings (SSSR count). The lowest BCUT2D eigenvalue weighted by molar-refractivity contribution is -0.129. The fourth-order valence-corrected chi connectivity index (χ4v) is 0.611. The third-order valence-corrected chi connectivity index (χ3v) is 1.26. The molecule has 0 aliphatic carbocycles. The molecule has 5 heteroatoms. The first kappa shape index (κ1) is 7.27. The van der Waals surface area contributed by atoms with Crippen LogP contribution in [0.2, 0.25) is 0 Å². The van der Waals surface area contributed by atoms with Gasteiger partial charge in [-0.2, -0.15) is 4.39 Å². The van der Waals surface area contributed by atoms with Crippen LogP contribution in [0.25, 0.3) is 0 Å². The summed E-state index contributed by atoms with van der Waals surface area (Å²) in [4.78, 5) is 10.4. The Bertz CT molecular complexity index is 147. The Morgan fingerprint density at radius 3 is 2.70 bits per heavy atom. The van der Waals surface area contributed by atoms with E-state index in [1.54, 1.807) is 0 Å². The van der Waals surface area contributed by atoms with Crippen LogP contribution >= 0.6 is 0 Å². The van der Waals surface area contributed by atoms with Gasteiger partial charge in [0.2, 0.25) is 0 Å². The third-order valence-electron chi connectivity index (χ3n) is 1.26. The van der Waals surface area contributed by atoms with E-state index >= 15 is 0 Å². The molecule has 4 nitrogen and oxygen atoms in total. The minimum Gasteiger partial charge on any atom is -0.410 e. The molecule has 1 aliphatic heterocycles. The van der Waals surface area contributed by atoms with E-state index in [1.807, 2.05) is 0 Å². The van der Waals surface area contributed by atoms with Gasteiger partial charge in [0.15, 0.2) is 0 Å². The maximum absolute atomic E-state index is 12.8. The highest BCUT2D eigenvalue weighted by Crippen LogP contribution is 2.17. The zero-order valence-corrected chi connectivity index (χ0v) is 5.61. The van der Waals surface area contributed by atoms with Crippen LogP contribution in [-0.2, 0) is 4.74 Å². The Morgan fingerprint density at radius 2 is 2.40 bits per heavy atom. The van der Waals surface area contributed by atoms with Crippen molar-refractivity contribution in [2.75, 3.05) is 20.1 Å². The van der Waals surface area contributed by atoms with Gasteiger partial charge < -0.3 is 15.4 Å². The van der Waals surface area contributed by atoms with E-state index in [0.717, 1.165) is 0 Å². The Kier molecular flexibility index (Phi) is 1.76. The summed E-state index contributed by atoms with van der Waals surface area (Å²) >= 11 is 0. The number of alkyl carbamates (subject to hydrolysis) is 1. The molecule has 10 heavy (non-hydrogen) atoms. The Labute approximate surface area is 57.7 Å². The first-order valence-corrected chi connectivity index (χ1v) is 2.97. The van der Waals surface area contributed by atoms with Crippen molar-refractivity contribution in [1.82, 2.24) is 10.6 Å². The highest BCUT2D eigenvalue weighted by atomic mass is 19.2. The van der Waals surface area contributed by atoms with Gasteiger partial charge in [-0.1, -0.05) is 0 Å². The highest BCUT2D eigenvalue weighted by molar-refractivity contribution is 5.67. The molecule has 0 unspecified atom stereocenters. The van der Waals surface area contributed by atoms with Crippen LogP contribution in [0.3, 0.4) is 0 Å². The molecule has 0 aromatic heterocycles. The van der Waals surface area contributed by atoms with Crippen LogP contribution in [0.4, 0.5) is 9.18 Å². The second-order valence-corrected chi connectivity index (χ2v) is 2.13. The van der Waals surface area contributed by atoms with E-state index in [9.17, 15) is 9.18 Å². The molecule has 58 valence electrons.